The molecular weight excluding hydrogens is 482 g/mol. The second kappa shape index (κ2) is 11.7. The summed E-state index contributed by atoms with van der Waals surface area (Å²) in [4.78, 5) is 26.9. The Kier molecular flexibility index (Phi) is 8.17. The molecule has 0 bridgehead atoms. The number of halogens is 1. The molecular formula is C27H28ClN3O5. The van der Waals surface area contributed by atoms with Gasteiger partial charge in [-0.1, -0.05) is 23.7 Å². The molecule has 0 spiro atoms. The molecule has 1 atom stereocenters. The van der Waals surface area contributed by atoms with E-state index in [1.165, 1.54) is 0 Å². The van der Waals surface area contributed by atoms with Gasteiger partial charge in [-0.05, 0) is 61.0 Å². The smallest absolute Gasteiger partial charge is 0.243 e. The molecule has 3 aromatic rings. The second-order valence-corrected chi connectivity index (χ2v) is 8.66. The molecule has 0 unspecified atom stereocenters. The Morgan fingerprint density at radius 1 is 1.03 bits per heavy atom. The Balaban J connectivity index is 1.31. The highest BCUT2D eigenvalue weighted by Crippen LogP contribution is 2.31. The number of hydrazine groups is 1. The maximum atomic E-state index is 12.7. The van der Waals surface area contributed by atoms with E-state index in [0.717, 1.165) is 17.0 Å². The molecule has 3 aromatic carbocycles. The molecule has 36 heavy (non-hydrogen) atoms. The average Bonchev–Trinajstić information content (AvgIpc) is 3.29. The fourth-order valence-corrected chi connectivity index (χ4v) is 3.99. The van der Waals surface area contributed by atoms with Crippen LogP contribution in [0.3, 0.4) is 0 Å². The van der Waals surface area contributed by atoms with Gasteiger partial charge >= 0.3 is 0 Å². The van der Waals surface area contributed by atoms with Gasteiger partial charge in [-0.15, -0.1) is 0 Å². The topological polar surface area (TPSA) is 89.1 Å². The van der Waals surface area contributed by atoms with E-state index >= 15 is 0 Å². The lowest BCUT2D eigenvalue weighted by Crippen LogP contribution is -2.36. The van der Waals surface area contributed by atoms with Crippen molar-refractivity contribution in [2.45, 2.75) is 20.0 Å². The Labute approximate surface area is 215 Å². The fraction of sp³-hybridized carbons (Fsp3) is 0.259. The van der Waals surface area contributed by atoms with Gasteiger partial charge < -0.3 is 19.1 Å². The first-order chi connectivity index (χ1) is 17.5. The van der Waals surface area contributed by atoms with Crippen molar-refractivity contribution in [3.05, 3.63) is 77.3 Å². The molecule has 1 aliphatic heterocycles. The van der Waals surface area contributed by atoms with Gasteiger partial charge in [-0.3, -0.25) is 20.4 Å². The van der Waals surface area contributed by atoms with Gasteiger partial charge in [0.25, 0.3) is 0 Å². The Morgan fingerprint density at radius 3 is 2.47 bits per heavy atom. The van der Waals surface area contributed by atoms with Crippen LogP contribution in [0.15, 0.2) is 66.7 Å². The van der Waals surface area contributed by atoms with Crippen molar-refractivity contribution >= 4 is 34.8 Å². The van der Waals surface area contributed by atoms with E-state index in [9.17, 15) is 9.59 Å². The number of hydrogen-bond donors (Lipinski definition) is 2. The summed E-state index contributed by atoms with van der Waals surface area (Å²) < 4.78 is 16.8. The van der Waals surface area contributed by atoms with Gasteiger partial charge in [0.15, 0.2) is 11.5 Å². The largest absolute Gasteiger partial charge is 0.494 e. The number of carbonyl (C=O) groups is 2. The van der Waals surface area contributed by atoms with Crippen LogP contribution in [0, 0.1) is 5.92 Å². The summed E-state index contributed by atoms with van der Waals surface area (Å²) in [6.45, 7) is 3.15. The lowest BCUT2D eigenvalue weighted by molar-refractivity contribution is -0.125. The predicted molar refractivity (Wildman–Crippen MR) is 139 cm³/mol. The zero-order chi connectivity index (χ0) is 25.5. The van der Waals surface area contributed by atoms with Crippen LogP contribution >= 0.6 is 11.6 Å². The van der Waals surface area contributed by atoms with Gasteiger partial charge in [0, 0.05) is 29.7 Å². The van der Waals surface area contributed by atoms with Gasteiger partial charge in [0.05, 0.1) is 25.3 Å². The van der Waals surface area contributed by atoms with Crippen molar-refractivity contribution in [2.24, 2.45) is 5.92 Å². The molecule has 1 fully saturated rings. The third-order valence-corrected chi connectivity index (χ3v) is 6.01. The maximum Gasteiger partial charge on any atom is 0.243 e. The number of anilines is 2. The zero-order valence-electron chi connectivity index (χ0n) is 20.1. The lowest BCUT2D eigenvalue weighted by atomic mass is 10.1. The lowest BCUT2D eigenvalue weighted by Gasteiger charge is -2.18. The summed E-state index contributed by atoms with van der Waals surface area (Å²) in [5.41, 5.74) is 7.93. The molecule has 4 rings (SSSR count). The molecule has 2 amide bonds. The number of nitrogens with one attached hydrogen (secondary N) is 2. The van der Waals surface area contributed by atoms with E-state index < -0.39 is 5.92 Å². The average molecular weight is 510 g/mol. The first kappa shape index (κ1) is 25.2. The third kappa shape index (κ3) is 6.20. The van der Waals surface area contributed by atoms with Gasteiger partial charge in [-0.25, -0.2) is 0 Å². The van der Waals surface area contributed by atoms with E-state index in [-0.39, 0.29) is 18.2 Å². The van der Waals surface area contributed by atoms with Crippen molar-refractivity contribution in [3.8, 4) is 17.2 Å². The number of rotatable bonds is 10. The number of ether oxygens (including phenoxy) is 3. The van der Waals surface area contributed by atoms with E-state index in [1.54, 1.807) is 30.2 Å². The maximum absolute atomic E-state index is 12.7. The molecule has 0 aromatic heterocycles. The molecule has 0 saturated carbocycles. The number of amides is 2. The molecule has 0 aliphatic carbocycles. The molecule has 8 nitrogen and oxygen atoms in total. The quantitative estimate of drug-likeness (QED) is 0.381. The van der Waals surface area contributed by atoms with Gasteiger partial charge in [-0.2, -0.15) is 0 Å². The number of methoxy groups -OCH3 is 1. The summed E-state index contributed by atoms with van der Waals surface area (Å²) in [7, 11) is 1.55. The minimum atomic E-state index is -0.472. The molecule has 0 radical (unpaired) electrons. The minimum Gasteiger partial charge on any atom is -0.494 e. The zero-order valence-corrected chi connectivity index (χ0v) is 20.9. The molecule has 9 heteroatoms. The number of benzene rings is 3. The van der Waals surface area contributed by atoms with Crippen LogP contribution in [0.4, 0.5) is 11.4 Å². The molecule has 1 heterocycles. The van der Waals surface area contributed by atoms with E-state index in [2.05, 4.69) is 10.9 Å². The SMILES string of the molecule is CCOc1ccc(N2C[C@@H](C(=O)NNc3ccc(OCc4ccc(Cl)cc4)c(OC)c3)CC2=O)cc1. The van der Waals surface area contributed by atoms with Crippen molar-refractivity contribution in [2.75, 3.05) is 30.6 Å². The molecule has 1 saturated heterocycles. The Morgan fingerprint density at radius 2 is 1.78 bits per heavy atom. The van der Waals surface area contributed by atoms with Crippen LogP contribution in [0.1, 0.15) is 18.9 Å². The highest BCUT2D eigenvalue weighted by molar-refractivity contribution is 6.30. The van der Waals surface area contributed by atoms with E-state index in [4.69, 9.17) is 25.8 Å². The normalized spacial score (nSPS) is 14.9. The summed E-state index contributed by atoms with van der Waals surface area (Å²) in [6.07, 6.45) is 0.140. The van der Waals surface area contributed by atoms with Crippen LogP contribution in [0.2, 0.25) is 5.02 Å². The highest BCUT2D eigenvalue weighted by atomic mass is 35.5. The van der Waals surface area contributed by atoms with Crippen LogP contribution in [0.5, 0.6) is 17.2 Å². The predicted octanol–water partition coefficient (Wildman–Crippen LogP) is 4.82. The van der Waals surface area contributed by atoms with Crippen molar-refractivity contribution in [1.82, 2.24) is 5.43 Å². The summed E-state index contributed by atoms with van der Waals surface area (Å²) in [5, 5.41) is 0.666. The van der Waals surface area contributed by atoms with Crippen LogP contribution in [-0.2, 0) is 16.2 Å². The molecule has 2 N–H and O–H groups in total. The van der Waals surface area contributed by atoms with Crippen LogP contribution in [0.25, 0.3) is 0 Å². The van der Waals surface area contributed by atoms with Gasteiger partial charge in [0.2, 0.25) is 11.8 Å². The summed E-state index contributed by atoms with van der Waals surface area (Å²) >= 11 is 5.92. The van der Waals surface area contributed by atoms with Crippen molar-refractivity contribution in [3.63, 3.8) is 0 Å². The van der Waals surface area contributed by atoms with Gasteiger partial charge in [0.1, 0.15) is 12.4 Å². The minimum absolute atomic E-state index is 0.0943. The number of carbonyl (C=O) groups excluding carboxylic acids is 2. The van der Waals surface area contributed by atoms with Crippen LogP contribution < -0.4 is 30.0 Å². The Hall–Kier alpha value is -3.91. The number of hydrogen-bond acceptors (Lipinski definition) is 6. The number of nitrogens with zero attached hydrogens (tertiary/aromatic N) is 1. The fourth-order valence-electron chi connectivity index (χ4n) is 3.86. The van der Waals surface area contributed by atoms with Crippen molar-refractivity contribution < 1.29 is 23.8 Å². The second-order valence-electron chi connectivity index (χ2n) is 8.23. The monoisotopic (exact) mass is 509 g/mol. The third-order valence-electron chi connectivity index (χ3n) is 5.76. The Bertz CT molecular complexity index is 1200. The summed E-state index contributed by atoms with van der Waals surface area (Å²) in [5.74, 6) is 0.989. The first-order valence-corrected chi connectivity index (χ1v) is 12.0. The highest BCUT2D eigenvalue weighted by Gasteiger charge is 2.35. The van der Waals surface area contributed by atoms with Crippen LogP contribution in [-0.4, -0.2) is 32.1 Å². The van der Waals surface area contributed by atoms with E-state index in [0.29, 0.717) is 42.0 Å². The van der Waals surface area contributed by atoms with E-state index in [1.807, 2.05) is 55.5 Å². The first-order valence-electron chi connectivity index (χ1n) is 11.6. The standard InChI is InChI=1S/C27H28ClN3O5/c1-3-35-23-11-9-22(10-12-23)31-16-19(14-26(31)32)27(33)30-29-21-8-13-24(25(15-21)34-2)36-17-18-4-6-20(28)7-5-18/h4-13,15,19,29H,3,14,16-17H2,1-2H3,(H,30,33)/t19-/m0/s1. The van der Waals surface area contributed by atoms with Crippen molar-refractivity contribution in [1.29, 1.82) is 0 Å². The molecule has 188 valence electrons. The molecule has 1 aliphatic rings. The summed E-state index contributed by atoms with van der Waals surface area (Å²) in [6, 6.07) is 19.9.